The zero-order valence-electron chi connectivity index (χ0n) is 14.8. The van der Waals surface area contributed by atoms with Gasteiger partial charge in [-0.05, 0) is 42.2 Å². The summed E-state index contributed by atoms with van der Waals surface area (Å²) in [6, 6.07) is 14.6. The Balaban J connectivity index is 0.00000196. The molecule has 0 aliphatic heterocycles. The van der Waals surface area contributed by atoms with Gasteiger partial charge >= 0.3 is 0 Å². The van der Waals surface area contributed by atoms with E-state index in [0.717, 1.165) is 16.9 Å². The van der Waals surface area contributed by atoms with Crippen LogP contribution in [0.1, 0.15) is 11.1 Å². The van der Waals surface area contributed by atoms with E-state index in [0.29, 0.717) is 0 Å². The Morgan fingerprint density at radius 3 is 2.27 bits per heavy atom. The fraction of sp³-hybridized carbons (Fsp3) is 0.100. The zero-order chi connectivity index (χ0) is 17.2. The number of hydrogen-bond donors (Lipinski definition) is 1. The van der Waals surface area contributed by atoms with E-state index in [1.165, 1.54) is 28.6 Å². The molecule has 2 heterocycles. The summed E-state index contributed by atoms with van der Waals surface area (Å²) in [4.78, 5) is 8.06. The van der Waals surface area contributed by atoms with Gasteiger partial charge in [0.15, 0.2) is 0 Å². The molecule has 0 saturated heterocycles. The van der Waals surface area contributed by atoms with Gasteiger partial charge in [-0.1, -0.05) is 41.6 Å². The van der Waals surface area contributed by atoms with Crippen LogP contribution in [0, 0.1) is 13.8 Å². The summed E-state index contributed by atoms with van der Waals surface area (Å²) in [7, 11) is 0. The predicted octanol–water partition coefficient (Wildman–Crippen LogP) is 4.17. The molecule has 0 spiro atoms. The molecule has 4 rings (SSSR count). The molecule has 0 aliphatic rings. The lowest BCUT2D eigenvalue weighted by Crippen LogP contribution is -2.00. The van der Waals surface area contributed by atoms with Crippen LogP contribution in [0.25, 0.3) is 28.1 Å². The van der Waals surface area contributed by atoms with Gasteiger partial charge in [0.25, 0.3) is 0 Å². The number of aromatic nitrogens is 5. The first-order valence-corrected chi connectivity index (χ1v) is 8.08. The molecule has 0 aliphatic carbocycles. The summed E-state index contributed by atoms with van der Waals surface area (Å²) < 4.78 is 1.80. The van der Waals surface area contributed by atoms with E-state index >= 15 is 0 Å². The highest BCUT2D eigenvalue weighted by molar-refractivity contribution is 5.71. The zero-order valence-corrected chi connectivity index (χ0v) is 14.8. The fourth-order valence-corrected chi connectivity index (χ4v) is 2.93. The first-order valence-electron chi connectivity index (χ1n) is 8.08. The average Bonchev–Trinajstić information content (AvgIpc) is 3.15. The third-order valence-electron chi connectivity index (χ3n) is 4.44. The van der Waals surface area contributed by atoms with Crippen LogP contribution >= 0.6 is 0 Å². The van der Waals surface area contributed by atoms with Crippen molar-refractivity contribution < 1.29 is 0 Å². The molecular weight excluding hydrogens is 324 g/mol. The van der Waals surface area contributed by atoms with Crippen molar-refractivity contribution in [3.05, 3.63) is 78.5 Å². The molecule has 0 amide bonds. The van der Waals surface area contributed by atoms with Crippen LogP contribution in [0.15, 0.2) is 67.4 Å². The van der Waals surface area contributed by atoms with E-state index in [-0.39, 0.29) is 6.15 Å². The molecule has 4 aromatic rings. The van der Waals surface area contributed by atoms with Gasteiger partial charge in [-0.3, -0.25) is 0 Å². The van der Waals surface area contributed by atoms with E-state index < -0.39 is 0 Å². The molecule has 6 nitrogen and oxygen atoms in total. The standard InChI is InChI=1S/C20H17N5.H3N/c1-14-15(2)20(9-8-18(14)16-6-4-3-5-7-16)25-12-19(23-24-25)17-10-21-13-22-11-17;/h3-13H,1-2H3;1H3. The maximum Gasteiger partial charge on any atom is 0.116 e. The van der Waals surface area contributed by atoms with Gasteiger partial charge in [0, 0.05) is 18.0 Å². The Labute approximate surface area is 152 Å². The van der Waals surface area contributed by atoms with Crippen LogP contribution in [0.2, 0.25) is 0 Å². The van der Waals surface area contributed by atoms with Crippen molar-refractivity contribution in [3.63, 3.8) is 0 Å². The summed E-state index contributed by atoms with van der Waals surface area (Å²) in [6.07, 6.45) is 6.88. The molecule has 3 N–H and O–H groups in total. The predicted molar refractivity (Wildman–Crippen MR) is 102 cm³/mol. The molecule has 0 bridgehead atoms. The lowest BCUT2D eigenvalue weighted by molar-refractivity contribution is 0.798. The van der Waals surface area contributed by atoms with Crippen molar-refractivity contribution in [2.24, 2.45) is 0 Å². The van der Waals surface area contributed by atoms with Crippen molar-refractivity contribution in [3.8, 4) is 28.1 Å². The van der Waals surface area contributed by atoms with Crippen LogP contribution < -0.4 is 6.15 Å². The van der Waals surface area contributed by atoms with E-state index in [1.807, 2.05) is 12.3 Å². The highest BCUT2D eigenvalue weighted by atomic mass is 15.4. The van der Waals surface area contributed by atoms with Gasteiger partial charge in [-0.25, -0.2) is 14.6 Å². The smallest absolute Gasteiger partial charge is 0.116 e. The number of rotatable bonds is 3. The molecule has 0 unspecified atom stereocenters. The van der Waals surface area contributed by atoms with Crippen molar-refractivity contribution in [2.75, 3.05) is 0 Å². The molecule has 6 heteroatoms. The molecule has 2 aromatic heterocycles. The molecule has 2 aromatic carbocycles. The minimum atomic E-state index is 0. The van der Waals surface area contributed by atoms with E-state index in [2.05, 4.69) is 70.5 Å². The molecule has 0 radical (unpaired) electrons. The second-order valence-corrected chi connectivity index (χ2v) is 5.92. The largest absolute Gasteiger partial charge is 0.344 e. The first-order chi connectivity index (χ1) is 12.2. The van der Waals surface area contributed by atoms with Gasteiger partial charge in [0.2, 0.25) is 0 Å². The Morgan fingerprint density at radius 2 is 1.54 bits per heavy atom. The summed E-state index contributed by atoms with van der Waals surface area (Å²) in [5.74, 6) is 0. The maximum atomic E-state index is 4.28. The molecule has 26 heavy (non-hydrogen) atoms. The van der Waals surface area contributed by atoms with Crippen LogP contribution in [0.4, 0.5) is 0 Å². The minimum absolute atomic E-state index is 0. The third kappa shape index (κ3) is 3.10. The van der Waals surface area contributed by atoms with E-state index in [9.17, 15) is 0 Å². The number of hydrogen-bond acceptors (Lipinski definition) is 5. The minimum Gasteiger partial charge on any atom is -0.344 e. The topological polar surface area (TPSA) is 91.5 Å². The van der Waals surface area contributed by atoms with Gasteiger partial charge in [-0.2, -0.15) is 0 Å². The number of benzene rings is 2. The highest BCUT2D eigenvalue weighted by Crippen LogP contribution is 2.29. The van der Waals surface area contributed by atoms with Crippen LogP contribution in [0.3, 0.4) is 0 Å². The van der Waals surface area contributed by atoms with Crippen molar-refractivity contribution in [1.82, 2.24) is 31.1 Å². The molecular formula is C20H20N6. The lowest BCUT2D eigenvalue weighted by atomic mass is 9.96. The van der Waals surface area contributed by atoms with Crippen molar-refractivity contribution >= 4 is 0 Å². The van der Waals surface area contributed by atoms with Crippen molar-refractivity contribution in [2.45, 2.75) is 13.8 Å². The Hall–Kier alpha value is -3.38. The number of nitrogens with zero attached hydrogens (tertiary/aromatic N) is 5. The summed E-state index contributed by atoms with van der Waals surface area (Å²) >= 11 is 0. The summed E-state index contributed by atoms with van der Waals surface area (Å²) in [6.45, 7) is 4.26. The lowest BCUT2D eigenvalue weighted by Gasteiger charge is -2.13. The third-order valence-corrected chi connectivity index (χ3v) is 4.44. The molecule has 0 saturated carbocycles. The quantitative estimate of drug-likeness (QED) is 0.602. The fourth-order valence-electron chi connectivity index (χ4n) is 2.93. The maximum absolute atomic E-state index is 4.28. The second-order valence-electron chi connectivity index (χ2n) is 5.92. The monoisotopic (exact) mass is 344 g/mol. The van der Waals surface area contributed by atoms with E-state index in [1.54, 1.807) is 17.1 Å². The second kappa shape index (κ2) is 7.25. The highest BCUT2D eigenvalue weighted by Gasteiger charge is 2.12. The molecule has 130 valence electrons. The molecule has 0 fully saturated rings. The normalized spacial score (nSPS) is 10.4. The summed E-state index contributed by atoms with van der Waals surface area (Å²) in [5.41, 5.74) is 7.50. The Kier molecular flexibility index (Phi) is 4.86. The molecule has 0 atom stereocenters. The van der Waals surface area contributed by atoms with Gasteiger partial charge in [0.1, 0.15) is 12.0 Å². The summed E-state index contributed by atoms with van der Waals surface area (Å²) in [5, 5.41) is 8.53. The van der Waals surface area contributed by atoms with Gasteiger partial charge in [0.05, 0.1) is 11.9 Å². The van der Waals surface area contributed by atoms with Gasteiger partial charge < -0.3 is 6.15 Å². The Bertz CT molecular complexity index is 1010. The van der Waals surface area contributed by atoms with Crippen molar-refractivity contribution in [1.29, 1.82) is 0 Å². The van der Waals surface area contributed by atoms with Crippen LogP contribution in [-0.4, -0.2) is 25.0 Å². The first kappa shape index (κ1) is 17.4. The van der Waals surface area contributed by atoms with Crippen LogP contribution in [0.5, 0.6) is 0 Å². The SMILES string of the molecule is Cc1c(-c2ccccc2)ccc(-n2cc(-c3cncnc3)nn2)c1C.N. The van der Waals surface area contributed by atoms with E-state index in [4.69, 9.17) is 0 Å². The van der Waals surface area contributed by atoms with Crippen LogP contribution in [-0.2, 0) is 0 Å². The van der Waals surface area contributed by atoms with Gasteiger partial charge in [-0.15, -0.1) is 5.10 Å². The average molecular weight is 344 g/mol. The Morgan fingerprint density at radius 1 is 0.808 bits per heavy atom.